The predicted octanol–water partition coefficient (Wildman–Crippen LogP) is 2.81. The van der Waals surface area contributed by atoms with Crippen LogP contribution in [0.2, 0.25) is 5.02 Å². The average molecular weight is 630 g/mol. The maximum Gasteiger partial charge on any atom is 0.251 e. The molecule has 2 aromatic rings. The lowest BCUT2D eigenvalue weighted by Crippen LogP contribution is -2.58. The van der Waals surface area contributed by atoms with E-state index in [0.717, 1.165) is 12.0 Å². The van der Waals surface area contributed by atoms with Crippen LogP contribution in [-0.2, 0) is 32.0 Å². The van der Waals surface area contributed by atoms with E-state index in [0.29, 0.717) is 36.0 Å². The molecule has 3 rings (SSSR count). The van der Waals surface area contributed by atoms with Crippen molar-refractivity contribution in [3.05, 3.63) is 69.5 Å². The topological polar surface area (TPSA) is 151 Å². The number of hydrogen-bond acceptors (Lipinski definition) is 5. The molecule has 1 fully saturated rings. The van der Waals surface area contributed by atoms with Gasteiger partial charge in [-0.1, -0.05) is 44.5 Å². The zero-order chi connectivity index (χ0) is 32.6. The van der Waals surface area contributed by atoms with Crippen molar-refractivity contribution in [2.24, 2.45) is 11.7 Å². The molecule has 1 aliphatic heterocycles. The Morgan fingerprint density at radius 2 is 1.75 bits per heavy atom. The second-order valence-electron chi connectivity index (χ2n) is 11.2. The Labute approximate surface area is 262 Å². The van der Waals surface area contributed by atoms with Gasteiger partial charge >= 0.3 is 0 Å². The lowest BCUT2D eigenvalue weighted by molar-refractivity contribution is -0.142. The van der Waals surface area contributed by atoms with Crippen molar-refractivity contribution in [3.63, 3.8) is 0 Å². The van der Waals surface area contributed by atoms with E-state index in [9.17, 15) is 28.4 Å². The summed E-state index contributed by atoms with van der Waals surface area (Å²) in [6, 6.07) is 6.52. The number of amides is 5. The number of likely N-dealkylation sites (tertiary alicyclic amines) is 1. The van der Waals surface area contributed by atoms with Crippen LogP contribution >= 0.6 is 11.6 Å². The number of carbonyl (C=O) groups excluding carboxylic acids is 5. The molecule has 5 N–H and O–H groups in total. The van der Waals surface area contributed by atoms with Crippen molar-refractivity contribution in [1.29, 1.82) is 0 Å². The first-order valence-electron chi connectivity index (χ1n) is 14.9. The normalized spacial score (nSPS) is 16.5. The van der Waals surface area contributed by atoms with Gasteiger partial charge in [0.15, 0.2) is 0 Å². The summed E-state index contributed by atoms with van der Waals surface area (Å²) in [5, 5.41) is 7.91. The van der Waals surface area contributed by atoms with E-state index < -0.39 is 47.6 Å². The van der Waals surface area contributed by atoms with Crippen LogP contribution in [0.15, 0.2) is 36.4 Å². The molecule has 0 spiro atoms. The van der Waals surface area contributed by atoms with Crippen molar-refractivity contribution in [2.45, 2.75) is 77.9 Å². The summed E-state index contributed by atoms with van der Waals surface area (Å²) in [4.78, 5) is 66.3. The molecule has 0 unspecified atom stereocenters. The van der Waals surface area contributed by atoms with Gasteiger partial charge in [0.1, 0.15) is 23.9 Å². The Balaban J connectivity index is 1.74. The van der Waals surface area contributed by atoms with Crippen molar-refractivity contribution in [2.75, 3.05) is 13.1 Å². The number of rotatable bonds is 13. The fraction of sp³-hybridized carbons (Fsp3) is 0.469. The molecule has 2 aromatic carbocycles. The summed E-state index contributed by atoms with van der Waals surface area (Å²) in [7, 11) is 0. The highest BCUT2D eigenvalue weighted by Gasteiger charge is 2.39. The minimum atomic E-state index is -1.22. The number of primary amides is 1. The van der Waals surface area contributed by atoms with E-state index in [2.05, 4.69) is 16.0 Å². The van der Waals surface area contributed by atoms with Gasteiger partial charge in [0.05, 0.1) is 5.02 Å². The van der Waals surface area contributed by atoms with Gasteiger partial charge in [-0.2, -0.15) is 0 Å². The molecular weight excluding hydrogens is 589 g/mol. The molecule has 238 valence electrons. The van der Waals surface area contributed by atoms with E-state index in [1.165, 1.54) is 17.0 Å². The molecule has 1 heterocycles. The molecule has 12 heteroatoms. The number of carbonyl (C=O) groups is 5. The van der Waals surface area contributed by atoms with Crippen molar-refractivity contribution < 1.29 is 28.4 Å². The van der Waals surface area contributed by atoms with Crippen LogP contribution in [0.25, 0.3) is 0 Å². The van der Waals surface area contributed by atoms with E-state index in [-0.39, 0.29) is 36.4 Å². The maximum absolute atomic E-state index is 14.0. The Hall–Kier alpha value is -3.99. The van der Waals surface area contributed by atoms with Gasteiger partial charge in [-0.05, 0) is 73.6 Å². The van der Waals surface area contributed by atoms with Gasteiger partial charge in [-0.3, -0.25) is 24.0 Å². The number of nitrogens with zero attached hydrogens (tertiary/aromatic N) is 1. The second-order valence-corrected chi connectivity index (χ2v) is 11.6. The molecular formula is C32H41ClFN5O5. The zero-order valence-corrected chi connectivity index (χ0v) is 26.3. The third-order valence-corrected chi connectivity index (χ3v) is 8.36. The van der Waals surface area contributed by atoms with Crippen LogP contribution in [0.3, 0.4) is 0 Å². The summed E-state index contributed by atoms with van der Waals surface area (Å²) in [5.41, 5.74) is 8.14. The van der Waals surface area contributed by atoms with E-state index in [1.807, 2.05) is 26.0 Å². The van der Waals surface area contributed by atoms with Gasteiger partial charge in [-0.25, -0.2) is 4.39 Å². The quantitative estimate of drug-likeness (QED) is 0.269. The third kappa shape index (κ3) is 8.78. The number of nitrogens with one attached hydrogen (secondary N) is 3. The molecule has 44 heavy (non-hydrogen) atoms. The number of hydrogen-bond donors (Lipinski definition) is 4. The number of aryl methyl sites for hydroxylation is 2. The van der Waals surface area contributed by atoms with Crippen molar-refractivity contribution in [3.8, 4) is 0 Å². The Morgan fingerprint density at radius 1 is 1.07 bits per heavy atom. The Morgan fingerprint density at radius 3 is 2.36 bits per heavy atom. The SMILES string of the molecule is CCc1ccc(C(=O)NC[C@H](NC(=O)[C@@H]2CCCN2C(=O)[C@H](Cc2cc(Cl)c(F)cc2C)NC(=O)[C@H](C)CC)C(N)=O)cc1. The van der Waals surface area contributed by atoms with E-state index in [1.54, 1.807) is 26.0 Å². The van der Waals surface area contributed by atoms with Crippen LogP contribution in [0.5, 0.6) is 0 Å². The zero-order valence-electron chi connectivity index (χ0n) is 25.5. The largest absolute Gasteiger partial charge is 0.368 e. The molecule has 4 atom stereocenters. The number of benzene rings is 2. The molecule has 1 saturated heterocycles. The van der Waals surface area contributed by atoms with Crippen LogP contribution in [-0.4, -0.2) is 65.7 Å². The lowest BCUT2D eigenvalue weighted by atomic mass is 9.98. The molecule has 0 radical (unpaired) electrons. The summed E-state index contributed by atoms with van der Waals surface area (Å²) in [6.45, 7) is 7.29. The molecule has 0 bridgehead atoms. The van der Waals surface area contributed by atoms with Crippen LogP contribution < -0.4 is 21.7 Å². The minimum absolute atomic E-state index is 0.0346. The summed E-state index contributed by atoms with van der Waals surface area (Å²) < 4.78 is 14.0. The van der Waals surface area contributed by atoms with Crippen molar-refractivity contribution >= 4 is 41.1 Å². The third-order valence-electron chi connectivity index (χ3n) is 8.07. The Bertz CT molecular complexity index is 1390. The monoisotopic (exact) mass is 629 g/mol. The maximum atomic E-state index is 14.0. The minimum Gasteiger partial charge on any atom is -0.368 e. The van der Waals surface area contributed by atoms with Gasteiger partial charge in [-0.15, -0.1) is 0 Å². The highest BCUT2D eigenvalue weighted by molar-refractivity contribution is 6.30. The molecule has 0 saturated carbocycles. The van der Waals surface area contributed by atoms with Crippen LogP contribution in [0.4, 0.5) is 4.39 Å². The molecule has 0 aromatic heterocycles. The van der Waals surface area contributed by atoms with Crippen molar-refractivity contribution in [1.82, 2.24) is 20.9 Å². The lowest BCUT2D eigenvalue weighted by Gasteiger charge is -2.30. The standard InChI is InChI=1S/C32H41ClFN5O5/c1-5-18(3)29(41)37-25(16-22-15-23(33)24(34)14-19(22)4)32(44)39-13-7-8-27(39)31(43)38-26(28(35)40)17-36-30(42)21-11-9-20(6-2)10-12-21/h9-12,14-15,18,25-27H,5-8,13,16-17H2,1-4H3,(H2,35,40)(H,36,42)(H,37,41)(H,38,43)/t18-,25+,26+,27+/m1/s1. The number of halogens is 2. The second kappa shape index (κ2) is 15.7. The first-order valence-corrected chi connectivity index (χ1v) is 15.3. The van der Waals surface area contributed by atoms with Crippen LogP contribution in [0.1, 0.15) is 67.1 Å². The first kappa shape index (κ1) is 34.5. The van der Waals surface area contributed by atoms with Gasteiger partial charge in [0.2, 0.25) is 23.6 Å². The molecule has 10 nitrogen and oxygen atoms in total. The van der Waals surface area contributed by atoms with E-state index >= 15 is 0 Å². The summed E-state index contributed by atoms with van der Waals surface area (Å²) in [6.07, 6.45) is 2.25. The first-order chi connectivity index (χ1) is 20.9. The van der Waals surface area contributed by atoms with Crippen LogP contribution in [0, 0.1) is 18.7 Å². The summed E-state index contributed by atoms with van der Waals surface area (Å²) >= 11 is 6.01. The fourth-order valence-electron chi connectivity index (χ4n) is 5.01. The fourth-order valence-corrected chi connectivity index (χ4v) is 5.20. The summed E-state index contributed by atoms with van der Waals surface area (Å²) in [5.74, 6) is -3.65. The highest BCUT2D eigenvalue weighted by atomic mass is 35.5. The molecule has 5 amide bonds. The smallest absolute Gasteiger partial charge is 0.251 e. The predicted molar refractivity (Wildman–Crippen MR) is 165 cm³/mol. The van der Waals surface area contributed by atoms with Gasteiger partial charge in [0, 0.05) is 31.0 Å². The molecule has 0 aliphatic carbocycles. The average Bonchev–Trinajstić information content (AvgIpc) is 3.50. The van der Waals surface area contributed by atoms with E-state index in [4.69, 9.17) is 17.3 Å². The van der Waals surface area contributed by atoms with Gasteiger partial charge in [0.25, 0.3) is 5.91 Å². The Kier molecular flexibility index (Phi) is 12.3. The highest BCUT2D eigenvalue weighted by Crippen LogP contribution is 2.24. The van der Waals surface area contributed by atoms with Gasteiger partial charge < -0.3 is 26.6 Å². The molecule has 1 aliphatic rings. The number of nitrogens with two attached hydrogens (primary N) is 1.